The molecule has 0 amide bonds. The summed E-state index contributed by atoms with van der Waals surface area (Å²) >= 11 is 1.87. The van der Waals surface area contributed by atoms with E-state index in [1.54, 1.807) is 0 Å². The Morgan fingerprint density at radius 3 is 1.61 bits per heavy atom. The maximum absolute atomic E-state index is 5.23. The van der Waals surface area contributed by atoms with E-state index in [2.05, 4.69) is 174 Å². The molecule has 56 heavy (non-hydrogen) atoms. The minimum Gasteiger partial charge on any atom is -0.308 e. The lowest BCUT2D eigenvalue weighted by Gasteiger charge is -2.15. The van der Waals surface area contributed by atoms with Crippen LogP contribution in [0.4, 0.5) is 0 Å². The van der Waals surface area contributed by atoms with E-state index in [9.17, 15) is 0 Å². The van der Waals surface area contributed by atoms with Crippen molar-refractivity contribution in [2.75, 3.05) is 0 Å². The summed E-state index contributed by atoms with van der Waals surface area (Å²) in [5.74, 6) is 1.88. The van der Waals surface area contributed by atoms with Crippen molar-refractivity contribution in [2.45, 2.75) is 0 Å². The van der Waals surface area contributed by atoms with Gasteiger partial charge in [0.1, 0.15) is 0 Å². The van der Waals surface area contributed by atoms with Crippen molar-refractivity contribution in [3.8, 4) is 62.1 Å². The molecule has 0 saturated heterocycles. The largest absolute Gasteiger partial charge is 0.308 e. The fourth-order valence-electron chi connectivity index (χ4n) is 8.00. The molecule has 262 valence electrons. The van der Waals surface area contributed by atoms with Crippen LogP contribution in [0.5, 0.6) is 0 Å². The van der Waals surface area contributed by atoms with Crippen molar-refractivity contribution in [3.05, 3.63) is 194 Å². The lowest BCUT2D eigenvalue weighted by molar-refractivity contribution is 1.06. The molecule has 0 atom stereocenters. The monoisotopic (exact) mass is 732 g/mol. The van der Waals surface area contributed by atoms with Crippen LogP contribution in [0.25, 0.3) is 104 Å². The van der Waals surface area contributed by atoms with Crippen molar-refractivity contribution < 1.29 is 0 Å². The van der Waals surface area contributed by atoms with E-state index in [1.807, 2.05) is 35.6 Å². The van der Waals surface area contributed by atoms with Crippen LogP contribution < -0.4 is 0 Å². The molecule has 8 aromatic carbocycles. The summed E-state index contributed by atoms with van der Waals surface area (Å²) in [5.41, 5.74) is 10.8. The van der Waals surface area contributed by atoms with Crippen LogP contribution in [0, 0.1) is 0 Å². The Bertz CT molecular complexity index is 3220. The highest BCUT2D eigenvalue weighted by Gasteiger charge is 2.22. The highest BCUT2D eigenvalue weighted by atomic mass is 32.1. The third-order valence-electron chi connectivity index (χ3n) is 10.7. The van der Waals surface area contributed by atoms with Crippen molar-refractivity contribution in [1.82, 2.24) is 19.5 Å². The van der Waals surface area contributed by atoms with E-state index in [0.717, 1.165) is 39.0 Å². The van der Waals surface area contributed by atoms with Gasteiger partial charge in [-0.15, -0.1) is 11.3 Å². The number of para-hydroxylation sites is 1. The van der Waals surface area contributed by atoms with Crippen LogP contribution in [-0.4, -0.2) is 19.5 Å². The van der Waals surface area contributed by atoms with E-state index >= 15 is 0 Å². The average Bonchev–Trinajstić information content (AvgIpc) is 3.83. The van der Waals surface area contributed by atoms with Gasteiger partial charge >= 0.3 is 0 Å². The molecule has 0 fully saturated rings. The first-order valence-corrected chi connectivity index (χ1v) is 19.6. The second-order valence-corrected chi connectivity index (χ2v) is 15.1. The van der Waals surface area contributed by atoms with E-state index in [1.165, 1.54) is 47.6 Å². The minimum atomic E-state index is 0.621. The highest BCUT2D eigenvalue weighted by molar-refractivity contribution is 7.26. The van der Waals surface area contributed by atoms with Crippen molar-refractivity contribution in [3.63, 3.8) is 0 Å². The first kappa shape index (κ1) is 32.2. The Kier molecular flexibility index (Phi) is 7.64. The average molecular weight is 733 g/mol. The fraction of sp³-hybridized carbons (Fsp3) is 0. The fourth-order valence-corrected chi connectivity index (χ4v) is 9.26. The Morgan fingerprint density at radius 2 is 0.875 bits per heavy atom. The standard InChI is InChI=1S/C51H32N4S/c1-4-14-33(15-5-1)35-24-26-37(27-25-35)50-52-49(36-18-8-3-9-19-36)53-51(54-50)41-21-10-12-22-43(41)55-44-30-28-38(34-16-6-2-7-17-34)32-42(44)47-45(55)31-29-40-39-20-11-13-23-46(39)56-48(40)47/h1-32H. The Hall–Kier alpha value is -7.21. The SMILES string of the molecule is c1ccc(-c2ccc(-c3nc(-c4ccccc4)nc(-c4ccccc4-n4c5ccc(-c6ccccc6)cc5c5c6sc7ccccc7c6ccc54)n3)cc2)cc1. The molecule has 5 heteroatoms. The van der Waals surface area contributed by atoms with E-state index in [-0.39, 0.29) is 0 Å². The van der Waals surface area contributed by atoms with Crippen LogP contribution >= 0.6 is 11.3 Å². The Morgan fingerprint density at radius 1 is 0.357 bits per heavy atom. The molecular formula is C51H32N4S. The number of hydrogen-bond donors (Lipinski definition) is 0. The zero-order valence-electron chi connectivity index (χ0n) is 30.2. The smallest absolute Gasteiger partial charge is 0.166 e. The number of thiophene rings is 1. The molecule has 0 saturated carbocycles. The molecule has 0 aliphatic rings. The zero-order valence-corrected chi connectivity index (χ0v) is 31.0. The van der Waals surface area contributed by atoms with Crippen molar-refractivity contribution in [2.24, 2.45) is 0 Å². The van der Waals surface area contributed by atoms with E-state index in [4.69, 9.17) is 15.0 Å². The van der Waals surface area contributed by atoms with Crippen LogP contribution in [0.15, 0.2) is 194 Å². The van der Waals surface area contributed by atoms with Crippen molar-refractivity contribution >= 4 is 53.3 Å². The van der Waals surface area contributed by atoms with E-state index in [0.29, 0.717) is 17.5 Å². The summed E-state index contributed by atoms with van der Waals surface area (Å²) in [4.78, 5) is 15.5. The lowest BCUT2D eigenvalue weighted by atomic mass is 10.0. The second kappa shape index (κ2) is 13.3. The summed E-state index contributed by atoms with van der Waals surface area (Å²) in [5, 5.41) is 5.04. The molecule has 0 N–H and O–H groups in total. The quantitative estimate of drug-likeness (QED) is 0.171. The zero-order chi connectivity index (χ0) is 37.0. The number of rotatable bonds is 6. The first-order valence-electron chi connectivity index (χ1n) is 18.8. The van der Waals surface area contributed by atoms with Gasteiger partial charge in [-0.25, -0.2) is 15.0 Å². The number of fused-ring (bicyclic) bond motifs is 7. The molecular weight excluding hydrogens is 701 g/mol. The number of hydrogen-bond acceptors (Lipinski definition) is 4. The normalized spacial score (nSPS) is 11.6. The van der Waals surface area contributed by atoms with Crippen LogP contribution in [0.1, 0.15) is 0 Å². The highest BCUT2D eigenvalue weighted by Crippen LogP contribution is 2.45. The maximum atomic E-state index is 5.23. The van der Waals surface area contributed by atoms with Gasteiger partial charge in [-0.05, 0) is 58.7 Å². The van der Waals surface area contributed by atoms with Gasteiger partial charge in [0.25, 0.3) is 0 Å². The number of nitrogens with zero attached hydrogens (tertiary/aromatic N) is 4. The number of benzene rings is 8. The first-order chi connectivity index (χ1) is 27.8. The minimum absolute atomic E-state index is 0.621. The Labute approximate surface area is 327 Å². The predicted octanol–water partition coefficient (Wildman–Crippen LogP) is 13.7. The Balaban J connectivity index is 1.15. The molecule has 0 aliphatic heterocycles. The van der Waals surface area contributed by atoms with Gasteiger partial charge in [0.05, 0.1) is 16.7 Å². The summed E-state index contributed by atoms with van der Waals surface area (Å²) in [7, 11) is 0. The van der Waals surface area contributed by atoms with Crippen LogP contribution in [-0.2, 0) is 0 Å². The third-order valence-corrected chi connectivity index (χ3v) is 11.9. The summed E-state index contributed by atoms with van der Waals surface area (Å²) in [6, 6.07) is 68.4. The molecule has 0 radical (unpaired) electrons. The molecule has 3 aromatic heterocycles. The molecule has 0 aliphatic carbocycles. The number of aromatic nitrogens is 4. The summed E-state index contributed by atoms with van der Waals surface area (Å²) in [6.07, 6.45) is 0. The molecule has 0 bridgehead atoms. The van der Waals surface area contributed by atoms with Crippen LogP contribution in [0.2, 0.25) is 0 Å². The van der Waals surface area contributed by atoms with Crippen molar-refractivity contribution in [1.29, 1.82) is 0 Å². The van der Waals surface area contributed by atoms with Gasteiger partial charge in [0.15, 0.2) is 17.5 Å². The third kappa shape index (κ3) is 5.40. The van der Waals surface area contributed by atoms with Gasteiger partial charge in [0, 0.05) is 47.6 Å². The second-order valence-electron chi connectivity index (χ2n) is 14.0. The molecule has 11 rings (SSSR count). The van der Waals surface area contributed by atoms with E-state index < -0.39 is 0 Å². The molecule has 11 aromatic rings. The molecule has 0 spiro atoms. The summed E-state index contributed by atoms with van der Waals surface area (Å²) in [6.45, 7) is 0. The van der Waals surface area contributed by atoms with Gasteiger partial charge < -0.3 is 4.57 Å². The van der Waals surface area contributed by atoms with Crippen LogP contribution in [0.3, 0.4) is 0 Å². The summed E-state index contributed by atoms with van der Waals surface area (Å²) < 4.78 is 4.99. The van der Waals surface area contributed by atoms with Gasteiger partial charge in [-0.1, -0.05) is 158 Å². The van der Waals surface area contributed by atoms with Gasteiger partial charge in [-0.3, -0.25) is 0 Å². The topological polar surface area (TPSA) is 43.6 Å². The van der Waals surface area contributed by atoms with Gasteiger partial charge in [0.2, 0.25) is 0 Å². The molecule has 4 nitrogen and oxygen atoms in total. The maximum Gasteiger partial charge on any atom is 0.166 e. The van der Waals surface area contributed by atoms with Gasteiger partial charge in [-0.2, -0.15) is 0 Å². The predicted molar refractivity (Wildman–Crippen MR) is 234 cm³/mol. The molecule has 3 heterocycles. The lowest BCUT2D eigenvalue weighted by Crippen LogP contribution is -2.03. The molecule has 0 unspecified atom stereocenters.